The lowest BCUT2D eigenvalue weighted by molar-refractivity contribution is -0.140. The molecule has 0 saturated heterocycles. The molecule has 3 nitrogen and oxygen atoms in total. The van der Waals surface area contributed by atoms with Crippen molar-refractivity contribution in [3.63, 3.8) is 0 Å². The van der Waals surface area contributed by atoms with E-state index in [1.165, 1.54) is 0 Å². The fourth-order valence-electron chi connectivity index (χ4n) is 1.72. The third-order valence-corrected chi connectivity index (χ3v) is 3.06. The maximum absolute atomic E-state index is 13.6. The van der Waals surface area contributed by atoms with Crippen LogP contribution in [0.5, 0.6) is 5.75 Å². The summed E-state index contributed by atoms with van der Waals surface area (Å²) >= 11 is 5.41. The molecule has 1 aliphatic carbocycles. The zero-order valence-electron chi connectivity index (χ0n) is 7.93. The van der Waals surface area contributed by atoms with Crippen LogP contribution in [0.1, 0.15) is 18.4 Å². The Bertz CT molecular complexity index is 457. The molecule has 1 saturated carbocycles. The Morgan fingerprint density at radius 1 is 1.44 bits per heavy atom. The van der Waals surface area contributed by atoms with E-state index in [0.29, 0.717) is 6.07 Å². The first-order valence-electron chi connectivity index (χ1n) is 4.50. The molecular weight excluding hydrogens is 242 g/mol. The van der Waals surface area contributed by atoms with Gasteiger partial charge in [0.05, 0.1) is 16.0 Å². The summed E-state index contributed by atoms with van der Waals surface area (Å²) in [5.74, 6) is -4.44. The zero-order valence-corrected chi connectivity index (χ0v) is 8.68. The number of phenols is 1. The summed E-state index contributed by atoms with van der Waals surface area (Å²) in [6, 6.07) is 0.619. The average Bonchev–Trinajstić information content (AvgIpc) is 2.97. The van der Waals surface area contributed by atoms with Crippen LogP contribution in [0.15, 0.2) is 6.07 Å². The van der Waals surface area contributed by atoms with Crippen molar-refractivity contribution >= 4 is 17.6 Å². The largest absolute Gasteiger partial charge is 0.505 e. The monoisotopic (exact) mass is 248 g/mol. The molecule has 1 aromatic rings. The van der Waals surface area contributed by atoms with Crippen LogP contribution in [0.3, 0.4) is 0 Å². The molecule has 0 unspecified atom stereocenters. The Kier molecular flexibility index (Phi) is 2.31. The van der Waals surface area contributed by atoms with Gasteiger partial charge < -0.3 is 10.2 Å². The minimum absolute atomic E-state index is 0.159. The fraction of sp³-hybridized carbons (Fsp3) is 0.300. The van der Waals surface area contributed by atoms with Crippen molar-refractivity contribution in [1.29, 1.82) is 0 Å². The lowest BCUT2D eigenvalue weighted by Gasteiger charge is -2.14. The van der Waals surface area contributed by atoms with Gasteiger partial charge in [-0.05, 0) is 18.9 Å². The van der Waals surface area contributed by atoms with Gasteiger partial charge in [0.15, 0.2) is 11.6 Å². The van der Waals surface area contributed by atoms with Crippen LogP contribution in [0, 0.1) is 11.6 Å². The number of carbonyl (C=O) groups is 1. The third kappa shape index (κ3) is 1.35. The van der Waals surface area contributed by atoms with Crippen LogP contribution >= 0.6 is 11.6 Å². The van der Waals surface area contributed by atoms with Crippen molar-refractivity contribution in [2.24, 2.45) is 0 Å². The van der Waals surface area contributed by atoms with Crippen LogP contribution in [0.2, 0.25) is 5.02 Å². The lowest BCUT2D eigenvalue weighted by atomic mass is 9.94. The molecule has 0 radical (unpaired) electrons. The van der Waals surface area contributed by atoms with Gasteiger partial charge >= 0.3 is 5.97 Å². The van der Waals surface area contributed by atoms with Crippen molar-refractivity contribution in [3.05, 3.63) is 28.3 Å². The quantitative estimate of drug-likeness (QED) is 0.791. The van der Waals surface area contributed by atoms with E-state index in [2.05, 4.69) is 0 Å². The first-order valence-corrected chi connectivity index (χ1v) is 4.88. The summed E-state index contributed by atoms with van der Waals surface area (Å²) in [5.41, 5.74) is -2.08. The first kappa shape index (κ1) is 11.1. The van der Waals surface area contributed by atoms with E-state index in [0.717, 1.165) is 0 Å². The predicted molar refractivity (Wildman–Crippen MR) is 51.6 cm³/mol. The molecule has 0 atom stereocenters. The molecule has 6 heteroatoms. The number of hydrogen-bond acceptors (Lipinski definition) is 2. The fourth-order valence-corrected chi connectivity index (χ4v) is 1.91. The van der Waals surface area contributed by atoms with Crippen LogP contribution < -0.4 is 0 Å². The minimum atomic E-state index is -1.53. The Labute approximate surface area is 94.3 Å². The Hall–Kier alpha value is -1.36. The molecule has 16 heavy (non-hydrogen) atoms. The van der Waals surface area contributed by atoms with E-state index < -0.39 is 39.4 Å². The van der Waals surface area contributed by atoms with Crippen LogP contribution in [-0.4, -0.2) is 16.2 Å². The highest BCUT2D eigenvalue weighted by Gasteiger charge is 2.55. The van der Waals surface area contributed by atoms with Crippen LogP contribution in [0.4, 0.5) is 8.78 Å². The van der Waals surface area contributed by atoms with Gasteiger partial charge in [-0.2, -0.15) is 0 Å². The van der Waals surface area contributed by atoms with Gasteiger partial charge in [0.1, 0.15) is 5.82 Å². The van der Waals surface area contributed by atoms with Gasteiger partial charge in [-0.3, -0.25) is 4.79 Å². The van der Waals surface area contributed by atoms with Gasteiger partial charge in [0, 0.05) is 0 Å². The third-order valence-electron chi connectivity index (χ3n) is 2.78. The SMILES string of the molecule is O=C(O)C1(c2c(O)c(F)cc(Cl)c2F)CC1. The summed E-state index contributed by atoms with van der Waals surface area (Å²) in [5, 5.41) is 17.8. The summed E-state index contributed by atoms with van der Waals surface area (Å²) in [6.07, 6.45) is 0.319. The van der Waals surface area contributed by atoms with Crippen molar-refractivity contribution < 1.29 is 23.8 Å². The normalized spacial score (nSPS) is 17.2. The predicted octanol–water partition coefficient (Wildman–Crippen LogP) is 2.44. The Balaban J connectivity index is 2.70. The van der Waals surface area contributed by atoms with Crippen molar-refractivity contribution in [1.82, 2.24) is 0 Å². The van der Waals surface area contributed by atoms with E-state index in [1.807, 2.05) is 0 Å². The molecule has 0 amide bonds. The Morgan fingerprint density at radius 2 is 2.00 bits per heavy atom. The van der Waals surface area contributed by atoms with Crippen molar-refractivity contribution in [3.8, 4) is 5.75 Å². The first-order chi connectivity index (χ1) is 7.40. The molecule has 0 bridgehead atoms. The highest BCUT2D eigenvalue weighted by Crippen LogP contribution is 2.53. The maximum atomic E-state index is 13.6. The summed E-state index contributed by atoms with van der Waals surface area (Å²) in [4.78, 5) is 11.0. The van der Waals surface area contributed by atoms with Gasteiger partial charge in [0.25, 0.3) is 0 Å². The van der Waals surface area contributed by atoms with Gasteiger partial charge in [0.2, 0.25) is 0 Å². The minimum Gasteiger partial charge on any atom is -0.505 e. The van der Waals surface area contributed by atoms with E-state index >= 15 is 0 Å². The molecule has 0 aromatic heterocycles. The van der Waals surface area contributed by atoms with Gasteiger partial charge in [-0.1, -0.05) is 11.6 Å². The number of phenolic OH excluding ortho intramolecular Hbond substituents is 1. The molecule has 2 N–H and O–H groups in total. The van der Waals surface area contributed by atoms with Crippen LogP contribution in [0.25, 0.3) is 0 Å². The number of rotatable bonds is 2. The van der Waals surface area contributed by atoms with E-state index in [9.17, 15) is 18.7 Å². The maximum Gasteiger partial charge on any atom is 0.314 e. The molecule has 1 aromatic carbocycles. The Morgan fingerprint density at radius 3 is 2.44 bits per heavy atom. The molecule has 0 aliphatic heterocycles. The number of aromatic hydroxyl groups is 1. The zero-order chi connectivity index (χ0) is 12.1. The molecular formula is C10H7ClF2O3. The number of aliphatic carboxylic acids is 1. The number of carboxylic acids is 1. The van der Waals surface area contributed by atoms with Crippen molar-refractivity contribution in [2.75, 3.05) is 0 Å². The van der Waals surface area contributed by atoms with Crippen LogP contribution in [-0.2, 0) is 10.2 Å². The summed E-state index contributed by atoms with van der Waals surface area (Å²) in [7, 11) is 0. The molecule has 86 valence electrons. The summed E-state index contributed by atoms with van der Waals surface area (Å²) < 4.78 is 26.8. The molecule has 1 aliphatic rings. The van der Waals surface area contributed by atoms with Gasteiger partial charge in [-0.25, -0.2) is 8.78 Å². The molecule has 1 fully saturated rings. The number of halogens is 3. The lowest BCUT2D eigenvalue weighted by Crippen LogP contribution is -2.21. The van der Waals surface area contributed by atoms with Crippen molar-refractivity contribution in [2.45, 2.75) is 18.3 Å². The number of carboxylic acid groups (broad SMARTS) is 1. The molecule has 0 spiro atoms. The van der Waals surface area contributed by atoms with E-state index in [-0.39, 0.29) is 12.8 Å². The average molecular weight is 249 g/mol. The highest BCUT2D eigenvalue weighted by atomic mass is 35.5. The standard InChI is InChI=1S/C10H7ClF2O3/c11-4-3-5(12)8(14)6(7(4)13)10(1-2-10)9(15)16/h3,14H,1-2H2,(H,15,16). The second-order valence-electron chi connectivity index (χ2n) is 3.77. The molecule has 0 heterocycles. The van der Waals surface area contributed by atoms with Gasteiger partial charge in [-0.15, -0.1) is 0 Å². The number of hydrogen-bond donors (Lipinski definition) is 2. The highest BCUT2D eigenvalue weighted by molar-refractivity contribution is 6.31. The molecule has 2 rings (SSSR count). The van der Waals surface area contributed by atoms with E-state index in [1.54, 1.807) is 0 Å². The number of benzene rings is 1. The second kappa shape index (κ2) is 3.31. The topological polar surface area (TPSA) is 57.5 Å². The van der Waals surface area contributed by atoms with E-state index in [4.69, 9.17) is 16.7 Å². The summed E-state index contributed by atoms with van der Waals surface area (Å²) in [6.45, 7) is 0. The smallest absolute Gasteiger partial charge is 0.314 e. The second-order valence-corrected chi connectivity index (χ2v) is 4.17.